The quantitative estimate of drug-likeness (QED) is 0.867. The molecular weight excluding hydrogens is 258 g/mol. The summed E-state index contributed by atoms with van der Waals surface area (Å²) in [6.07, 6.45) is 1.53. The lowest BCUT2D eigenvalue weighted by molar-refractivity contribution is 0.0362. The predicted octanol–water partition coefficient (Wildman–Crippen LogP) is 2.12. The lowest BCUT2D eigenvalue weighted by atomic mass is 9.95. The summed E-state index contributed by atoms with van der Waals surface area (Å²) in [5.41, 5.74) is 7.59. The van der Waals surface area contributed by atoms with Crippen molar-refractivity contribution in [2.45, 2.75) is 18.9 Å². The first-order chi connectivity index (χ1) is 7.24. The Morgan fingerprint density at radius 1 is 1.53 bits per heavy atom. The van der Waals surface area contributed by atoms with Crippen molar-refractivity contribution in [3.8, 4) is 5.75 Å². The fourth-order valence-electron chi connectivity index (χ4n) is 2.00. The van der Waals surface area contributed by atoms with Crippen LogP contribution in [0.15, 0.2) is 16.6 Å². The first-order valence-corrected chi connectivity index (χ1v) is 5.85. The van der Waals surface area contributed by atoms with Gasteiger partial charge in [0.2, 0.25) is 0 Å². The monoisotopic (exact) mass is 271 g/mol. The summed E-state index contributed by atoms with van der Waals surface area (Å²) in [7, 11) is 0. The first-order valence-electron chi connectivity index (χ1n) is 5.06. The van der Waals surface area contributed by atoms with E-state index in [0.717, 1.165) is 28.4 Å². The Kier molecular flexibility index (Phi) is 3.29. The Balaban J connectivity index is 2.45. The molecule has 0 spiro atoms. The molecule has 1 aromatic carbocycles. The zero-order chi connectivity index (χ0) is 10.8. The number of fused-ring (bicyclic) bond motifs is 1. The van der Waals surface area contributed by atoms with Crippen molar-refractivity contribution in [2.75, 3.05) is 13.2 Å². The zero-order valence-corrected chi connectivity index (χ0v) is 9.96. The summed E-state index contributed by atoms with van der Waals surface area (Å²) in [5.74, 6) is 0.311. The molecule has 0 amide bonds. The molecule has 1 heterocycles. The van der Waals surface area contributed by atoms with Gasteiger partial charge >= 0.3 is 0 Å². The largest absolute Gasteiger partial charge is 0.508 e. The number of hydrogen-bond acceptors (Lipinski definition) is 3. The van der Waals surface area contributed by atoms with E-state index in [2.05, 4.69) is 15.9 Å². The summed E-state index contributed by atoms with van der Waals surface area (Å²) in [6.45, 7) is 1.26. The fraction of sp³-hybridized carbons (Fsp3) is 0.455. The molecule has 1 aromatic rings. The van der Waals surface area contributed by atoms with Crippen LogP contribution in [-0.4, -0.2) is 18.3 Å². The highest BCUT2D eigenvalue weighted by Crippen LogP contribution is 2.39. The van der Waals surface area contributed by atoms with E-state index in [1.807, 2.05) is 6.07 Å². The van der Waals surface area contributed by atoms with Gasteiger partial charge in [-0.15, -0.1) is 0 Å². The predicted molar refractivity (Wildman–Crippen MR) is 61.9 cm³/mol. The molecule has 3 nitrogen and oxygen atoms in total. The van der Waals surface area contributed by atoms with Gasteiger partial charge < -0.3 is 15.6 Å². The number of halogens is 1. The smallest absolute Gasteiger partial charge is 0.121 e. The van der Waals surface area contributed by atoms with Gasteiger partial charge in [-0.2, -0.15) is 0 Å². The maximum atomic E-state index is 9.84. The van der Waals surface area contributed by atoms with Crippen LogP contribution in [0.25, 0.3) is 0 Å². The van der Waals surface area contributed by atoms with Crippen LogP contribution in [-0.2, 0) is 11.2 Å². The molecule has 1 atom stereocenters. The fourth-order valence-corrected chi connectivity index (χ4v) is 2.55. The average molecular weight is 272 g/mol. The second-order valence-electron chi connectivity index (χ2n) is 3.65. The van der Waals surface area contributed by atoms with Gasteiger partial charge in [-0.25, -0.2) is 0 Å². The third-order valence-electron chi connectivity index (χ3n) is 2.70. The van der Waals surface area contributed by atoms with Gasteiger partial charge in [0.25, 0.3) is 0 Å². The van der Waals surface area contributed by atoms with Crippen LogP contribution in [0.4, 0.5) is 0 Å². The van der Waals surface area contributed by atoms with Crippen LogP contribution in [0.5, 0.6) is 5.75 Å². The normalized spacial score (nSPS) is 20.0. The van der Waals surface area contributed by atoms with Crippen LogP contribution in [0.3, 0.4) is 0 Å². The van der Waals surface area contributed by atoms with E-state index >= 15 is 0 Å². The van der Waals surface area contributed by atoms with Crippen LogP contribution in [0.2, 0.25) is 0 Å². The number of ether oxygens (including phenoxy) is 1. The van der Waals surface area contributed by atoms with Gasteiger partial charge in [-0.05, 0) is 37.1 Å². The molecule has 0 saturated heterocycles. The van der Waals surface area contributed by atoms with Gasteiger partial charge in [0, 0.05) is 10.0 Å². The van der Waals surface area contributed by atoms with E-state index in [0.29, 0.717) is 18.9 Å². The topological polar surface area (TPSA) is 55.5 Å². The van der Waals surface area contributed by atoms with Gasteiger partial charge in [0.15, 0.2) is 0 Å². The van der Waals surface area contributed by atoms with Crippen molar-refractivity contribution in [3.63, 3.8) is 0 Å². The molecule has 0 bridgehead atoms. The van der Waals surface area contributed by atoms with E-state index < -0.39 is 0 Å². The maximum Gasteiger partial charge on any atom is 0.121 e. The molecule has 15 heavy (non-hydrogen) atoms. The minimum atomic E-state index is -0.0590. The average Bonchev–Trinajstić information content (AvgIpc) is 2.24. The van der Waals surface area contributed by atoms with Crippen molar-refractivity contribution < 1.29 is 9.84 Å². The van der Waals surface area contributed by atoms with Crippen LogP contribution in [0, 0.1) is 0 Å². The second-order valence-corrected chi connectivity index (χ2v) is 4.50. The number of phenols is 1. The Bertz CT molecular complexity index is 368. The Hall–Kier alpha value is -0.580. The maximum absolute atomic E-state index is 9.84. The molecular formula is C11H14BrNO2. The van der Waals surface area contributed by atoms with Gasteiger partial charge in [-0.3, -0.25) is 0 Å². The Morgan fingerprint density at radius 3 is 3.07 bits per heavy atom. The summed E-state index contributed by atoms with van der Waals surface area (Å²) >= 11 is 3.50. The summed E-state index contributed by atoms with van der Waals surface area (Å²) in [6, 6.07) is 3.57. The van der Waals surface area contributed by atoms with Crippen molar-refractivity contribution in [2.24, 2.45) is 5.73 Å². The highest BCUT2D eigenvalue weighted by atomic mass is 79.9. The van der Waals surface area contributed by atoms with E-state index in [1.165, 1.54) is 0 Å². The number of aromatic hydroxyl groups is 1. The Labute approximate surface area is 97.4 Å². The molecule has 1 unspecified atom stereocenters. The first kappa shape index (κ1) is 10.9. The number of nitrogens with two attached hydrogens (primary N) is 1. The summed E-state index contributed by atoms with van der Waals surface area (Å²) in [5, 5.41) is 9.84. The third-order valence-corrected chi connectivity index (χ3v) is 3.44. The summed E-state index contributed by atoms with van der Waals surface area (Å²) in [4.78, 5) is 0. The van der Waals surface area contributed by atoms with E-state index in [1.54, 1.807) is 6.07 Å². The van der Waals surface area contributed by atoms with Crippen molar-refractivity contribution in [1.29, 1.82) is 0 Å². The molecule has 0 saturated carbocycles. The number of benzene rings is 1. The van der Waals surface area contributed by atoms with Crippen molar-refractivity contribution >= 4 is 15.9 Å². The van der Waals surface area contributed by atoms with Crippen LogP contribution >= 0.6 is 15.9 Å². The molecule has 3 N–H and O–H groups in total. The highest BCUT2D eigenvalue weighted by molar-refractivity contribution is 9.10. The molecule has 4 heteroatoms. The van der Waals surface area contributed by atoms with E-state index in [4.69, 9.17) is 10.5 Å². The molecule has 0 fully saturated rings. The van der Waals surface area contributed by atoms with Gasteiger partial charge in [0.1, 0.15) is 5.75 Å². The Morgan fingerprint density at radius 2 is 2.33 bits per heavy atom. The molecule has 82 valence electrons. The molecule has 0 radical (unpaired) electrons. The van der Waals surface area contributed by atoms with Crippen LogP contribution in [0.1, 0.15) is 23.7 Å². The summed E-state index contributed by atoms with van der Waals surface area (Å²) < 4.78 is 6.66. The highest BCUT2D eigenvalue weighted by Gasteiger charge is 2.25. The van der Waals surface area contributed by atoms with Crippen LogP contribution < -0.4 is 5.73 Å². The molecule has 1 aliphatic heterocycles. The lowest BCUT2D eigenvalue weighted by Gasteiger charge is -2.27. The molecule has 2 rings (SSSR count). The second kappa shape index (κ2) is 4.51. The van der Waals surface area contributed by atoms with Crippen molar-refractivity contribution in [1.82, 2.24) is 0 Å². The molecule has 1 aliphatic rings. The lowest BCUT2D eigenvalue weighted by Crippen LogP contribution is -2.19. The zero-order valence-electron chi connectivity index (χ0n) is 8.37. The number of phenolic OH excluding ortho intramolecular Hbond substituents is 1. The standard InChI is InChI=1S/C11H14BrNO2/c12-8-1-2-9(14)11-7(8)4-6-15-10(11)3-5-13/h1-2,10,14H,3-6,13H2. The molecule has 0 aliphatic carbocycles. The minimum Gasteiger partial charge on any atom is -0.508 e. The van der Waals surface area contributed by atoms with E-state index in [9.17, 15) is 5.11 Å². The van der Waals surface area contributed by atoms with Gasteiger partial charge in [0.05, 0.1) is 12.7 Å². The number of hydrogen-bond donors (Lipinski definition) is 2. The van der Waals surface area contributed by atoms with Crippen molar-refractivity contribution in [3.05, 3.63) is 27.7 Å². The minimum absolute atomic E-state index is 0.0590. The number of rotatable bonds is 2. The third kappa shape index (κ3) is 2.02. The molecule has 0 aromatic heterocycles. The van der Waals surface area contributed by atoms with Gasteiger partial charge in [-0.1, -0.05) is 15.9 Å². The SMILES string of the molecule is NCCC1OCCc2c(Br)ccc(O)c21. The van der Waals surface area contributed by atoms with E-state index in [-0.39, 0.29) is 6.10 Å².